The van der Waals surface area contributed by atoms with Crippen molar-refractivity contribution >= 4 is 34.3 Å². The minimum atomic E-state index is -0.855. The van der Waals surface area contributed by atoms with Crippen LogP contribution in [0, 0.1) is 22.7 Å². The first kappa shape index (κ1) is 16.4. The lowest BCUT2D eigenvalue weighted by molar-refractivity contribution is -0.140. The molecule has 19 heavy (non-hydrogen) atoms. The molecule has 0 aromatic rings. The number of thiol groups is 1. The molecular weight excluding hydrogens is 280 g/mol. The van der Waals surface area contributed by atoms with Gasteiger partial charge < -0.3 is 0 Å². The number of hydrogen-bond donors (Lipinski definition) is 1. The Morgan fingerprint density at radius 3 is 2.47 bits per heavy atom. The molecule has 106 valence electrons. The van der Waals surface area contributed by atoms with Crippen molar-refractivity contribution in [2.45, 2.75) is 45.3 Å². The number of hydrogen-bond acceptors (Lipinski definition) is 5. The second-order valence-corrected chi connectivity index (χ2v) is 6.72. The number of carbonyl (C=O) groups excluding carboxylic acids is 2. The van der Waals surface area contributed by atoms with Crippen molar-refractivity contribution in [3.05, 3.63) is 0 Å². The first-order valence-corrected chi connectivity index (χ1v) is 8.40. The summed E-state index contributed by atoms with van der Waals surface area (Å²) in [7, 11) is 1.07. The standard InChI is InChI=1S/C13H20N2O2S2/c1-4-5-6-7-15-11(16)9(13(2,3)8-14)10(19-18)12(15)17/h9-10,18H,4-7H2,1-3H3. The molecule has 2 amide bonds. The van der Waals surface area contributed by atoms with Gasteiger partial charge in [-0.2, -0.15) is 5.26 Å². The number of rotatable bonds is 6. The van der Waals surface area contributed by atoms with Crippen molar-refractivity contribution in [1.82, 2.24) is 4.90 Å². The van der Waals surface area contributed by atoms with Crippen LogP contribution in [-0.2, 0) is 9.59 Å². The van der Waals surface area contributed by atoms with Gasteiger partial charge in [0, 0.05) is 6.54 Å². The summed E-state index contributed by atoms with van der Waals surface area (Å²) in [5.41, 5.74) is -0.855. The van der Waals surface area contributed by atoms with Crippen LogP contribution in [0.3, 0.4) is 0 Å². The van der Waals surface area contributed by atoms with Crippen LogP contribution in [0.5, 0.6) is 0 Å². The number of amides is 2. The number of nitrogens with zero attached hydrogens (tertiary/aromatic N) is 2. The van der Waals surface area contributed by atoms with Crippen molar-refractivity contribution in [3.63, 3.8) is 0 Å². The predicted molar refractivity (Wildman–Crippen MR) is 79.5 cm³/mol. The molecule has 0 aromatic heterocycles. The molecule has 1 saturated heterocycles. The van der Waals surface area contributed by atoms with Gasteiger partial charge in [-0.25, -0.2) is 0 Å². The molecule has 4 nitrogen and oxygen atoms in total. The van der Waals surface area contributed by atoms with E-state index in [4.69, 9.17) is 0 Å². The topological polar surface area (TPSA) is 61.2 Å². The average molecular weight is 300 g/mol. The molecule has 0 radical (unpaired) electrons. The van der Waals surface area contributed by atoms with Crippen LogP contribution in [0.25, 0.3) is 0 Å². The molecule has 1 aliphatic heterocycles. The monoisotopic (exact) mass is 300 g/mol. The van der Waals surface area contributed by atoms with E-state index in [9.17, 15) is 14.9 Å². The fraction of sp³-hybridized carbons (Fsp3) is 0.769. The van der Waals surface area contributed by atoms with Crippen molar-refractivity contribution in [2.75, 3.05) is 6.54 Å². The lowest BCUT2D eigenvalue weighted by atomic mass is 9.79. The third-order valence-electron chi connectivity index (χ3n) is 3.51. The summed E-state index contributed by atoms with van der Waals surface area (Å²) in [5, 5.41) is 8.66. The third kappa shape index (κ3) is 3.26. The van der Waals surface area contributed by atoms with E-state index in [0.29, 0.717) is 6.54 Å². The Kier molecular flexibility index (Phi) is 5.75. The molecule has 2 atom stereocenters. The maximum atomic E-state index is 12.4. The van der Waals surface area contributed by atoms with E-state index in [2.05, 4.69) is 24.7 Å². The molecule has 0 bridgehead atoms. The Bertz CT molecular complexity index is 404. The van der Waals surface area contributed by atoms with E-state index in [-0.39, 0.29) is 11.8 Å². The first-order valence-electron chi connectivity index (χ1n) is 6.47. The average Bonchev–Trinajstić information content (AvgIpc) is 2.62. The second-order valence-electron chi connectivity index (χ2n) is 5.37. The Morgan fingerprint density at radius 2 is 2.00 bits per heavy atom. The van der Waals surface area contributed by atoms with Crippen LogP contribution in [0.1, 0.15) is 40.0 Å². The highest BCUT2D eigenvalue weighted by Gasteiger charge is 2.54. The molecule has 2 unspecified atom stereocenters. The summed E-state index contributed by atoms with van der Waals surface area (Å²) in [6, 6.07) is 2.14. The van der Waals surface area contributed by atoms with Gasteiger partial charge in [0.25, 0.3) is 0 Å². The molecule has 1 rings (SSSR count). The molecule has 6 heteroatoms. The van der Waals surface area contributed by atoms with Crippen LogP contribution >= 0.6 is 22.5 Å². The molecule has 1 aliphatic rings. The smallest absolute Gasteiger partial charge is 0.244 e. The SMILES string of the molecule is CCCCCN1C(=O)C(SS)C(C(C)(C)C#N)C1=O. The zero-order valence-electron chi connectivity index (χ0n) is 11.5. The maximum Gasteiger partial charge on any atom is 0.244 e. The molecular formula is C13H20N2O2S2. The highest BCUT2D eigenvalue weighted by Crippen LogP contribution is 2.42. The number of imide groups is 1. The maximum absolute atomic E-state index is 12.4. The summed E-state index contributed by atoms with van der Waals surface area (Å²) in [5.74, 6) is -1.03. The van der Waals surface area contributed by atoms with Gasteiger partial charge >= 0.3 is 0 Å². The Morgan fingerprint density at radius 1 is 1.37 bits per heavy atom. The zero-order valence-corrected chi connectivity index (χ0v) is 13.3. The quantitative estimate of drug-likeness (QED) is 0.354. The minimum Gasteiger partial charge on any atom is -0.281 e. The number of unbranched alkanes of at least 4 members (excludes halogenated alkanes) is 2. The highest BCUT2D eigenvalue weighted by molar-refractivity contribution is 8.69. The summed E-state index contributed by atoms with van der Waals surface area (Å²) in [6.45, 7) is 5.93. The van der Waals surface area contributed by atoms with Gasteiger partial charge in [0.1, 0.15) is 5.25 Å². The lowest BCUT2D eigenvalue weighted by Crippen LogP contribution is -2.35. The fourth-order valence-electron chi connectivity index (χ4n) is 2.31. The molecule has 1 heterocycles. The fourth-order valence-corrected chi connectivity index (χ4v) is 3.74. The lowest BCUT2D eigenvalue weighted by Gasteiger charge is -2.24. The van der Waals surface area contributed by atoms with E-state index < -0.39 is 16.6 Å². The zero-order chi connectivity index (χ0) is 14.6. The molecule has 0 saturated carbocycles. The Balaban J connectivity index is 2.93. The summed E-state index contributed by atoms with van der Waals surface area (Å²) in [4.78, 5) is 25.9. The number of nitriles is 1. The number of carbonyl (C=O) groups is 2. The summed E-state index contributed by atoms with van der Waals surface area (Å²) < 4.78 is 0. The normalized spacial score (nSPS) is 23.8. The van der Waals surface area contributed by atoms with E-state index in [0.717, 1.165) is 30.1 Å². The summed E-state index contributed by atoms with van der Waals surface area (Å²) >= 11 is 4.10. The van der Waals surface area contributed by atoms with Gasteiger partial charge in [0.2, 0.25) is 11.8 Å². The van der Waals surface area contributed by atoms with Crippen molar-refractivity contribution < 1.29 is 9.59 Å². The third-order valence-corrected chi connectivity index (χ3v) is 4.89. The van der Waals surface area contributed by atoms with Crippen LogP contribution in [0.2, 0.25) is 0 Å². The van der Waals surface area contributed by atoms with Crippen LogP contribution in [0.4, 0.5) is 0 Å². The van der Waals surface area contributed by atoms with Gasteiger partial charge in [-0.05, 0) is 20.3 Å². The van der Waals surface area contributed by atoms with Crippen molar-refractivity contribution in [1.29, 1.82) is 5.26 Å². The van der Waals surface area contributed by atoms with E-state index in [1.54, 1.807) is 13.8 Å². The van der Waals surface area contributed by atoms with Crippen molar-refractivity contribution in [2.24, 2.45) is 11.3 Å². The minimum absolute atomic E-state index is 0.200. The van der Waals surface area contributed by atoms with E-state index >= 15 is 0 Å². The first-order chi connectivity index (χ1) is 8.90. The molecule has 0 aliphatic carbocycles. The van der Waals surface area contributed by atoms with Gasteiger partial charge in [-0.3, -0.25) is 14.5 Å². The van der Waals surface area contributed by atoms with Crippen molar-refractivity contribution in [3.8, 4) is 6.07 Å². The van der Waals surface area contributed by atoms with Crippen LogP contribution in [0.15, 0.2) is 0 Å². The van der Waals surface area contributed by atoms with Gasteiger partial charge in [0.05, 0.1) is 17.4 Å². The number of likely N-dealkylation sites (tertiary alicyclic amines) is 1. The second kappa shape index (κ2) is 6.67. The molecule has 1 fully saturated rings. The largest absolute Gasteiger partial charge is 0.281 e. The van der Waals surface area contributed by atoms with Gasteiger partial charge in [-0.15, -0.1) is 11.7 Å². The molecule has 0 spiro atoms. The molecule has 0 N–H and O–H groups in total. The van der Waals surface area contributed by atoms with Gasteiger partial charge in [0.15, 0.2) is 0 Å². The van der Waals surface area contributed by atoms with E-state index in [1.807, 2.05) is 0 Å². The Labute approximate surface area is 123 Å². The highest BCUT2D eigenvalue weighted by atomic mass is 33.1. The molecule has 0 aromatic carbocycles. The van der Waals surface area contributed by atoms with Crippen LogP contribution < -0.4 is 0 Å². The summed E-state index contributed by atoms with van der Waals surface area (Å²) in [6.07, 6.45) is 2.84. The Hall–Kier alpha value is -0.670. The van der Waals surface area contributed by atoms with Gasteiger partial charge in [-0.1, -0.05) is 30.6 Å². The predicted octanol–water partition coefficient (Wildman–Crippen LogP) is 2.66. The van der Waals surface area contributed by atoms with Crippen LogP contribution in [-0.4, -0.2) is 28.5 Å². The van der Waals surface area contributed by atoms with E-state index in [1.165, 1.54) is 4.90 Å².